The van der Waals surface area contributed by atoms with E-state index in [0.717, 1.165) is 34.1 Å². The SMILES string of the molecule is OB(O)c1ccc(N(c2ccccc2)c2ccccc2)cc1.OB(O)c1ccc(N(c2ccccc2)c2ccccc2)cc1. The number of hydrogen-bond acceptors (Lipinski definition) is 6. The zero-order chi connectivity index (χ0) is 30.7. The zero-order valence-electron chi connectivity index (χ0n) is 24.0. The van der Waals surface area contributed by atoms with Gasteiger partial charge in [-0.05, 0) is 83.7 Å². The van der Waals surface area contributed by atoms with Crippen LogP contribution in [0.15, 0.2) is 170 Å². The van der Waals surface area contributed by atoms with Gasteiger partial charge in [-0.15, -0.1) is 0 Å². The van der Waals surface area contributed by atoms with Gasteiger partial charge in [0.05, 0.1) is 0 Å². The first-order chi connectivity index (χ1) is 21.5. The average molecular weight is 578 g/mol. The fraction of sp³-hybridized carbons (Fsp3) is 0. The summed E-state index contributed by atoms with van der Waals surface area (Å²) >= 11 is 0. The number of anilines is 6. The van der Waals surface area contributed by atoms with Gasteiger partial charge in [0, 0.05) is 34.1 Å². The highest BCUT2D eigenvalue weighted by molar-refractivity contribution is 6.59. The van der Waals surface area contributed by atoms with E-state index in [-0.39, 0.29) is 0 Å². The Hall–Kier alpha value is -5.11. The Labute approximate surface area is 258 Å². The zero-order valence-corrected chi connectivity index (χ0v) is 24.0. The summed E-state index contributed by atoms with van der Waals surface area (Å²) in [7, 11) is -2.90. The van der Waals surface area contributed by atoms with Gasteiger partial charge >= 0.3 is 14.2 Å². The predicted octanol–water partition coefficient (Wildman–Crippen LogP) is 5.67. The maximum atomic E-state index is 9.23. The molecule has 8 heteroatoms. The summed E-state index contributed by atoms with van der Waals surface area (Å²) in [5.41, 5.74) is 7.06. The van der Waals surface area contributed by atoms with E-state index >= 15 is 0 Å². The first-order valence-electron chi connectivity index (χ1n) is 14.2. The van der Waals surface area contributed by atoms with Crippen molar-refractivity contribution in [1.29, 1.82) is 0 Å². The second-order valence-electron chi connectivity index (χ2n) is 9.94. The Morgan fingerprint density at radius 3 is 0.682 bits per heavy atom. The Kier molecular flexibility index (Phi) is 10.3. The maximum absolute atomic E-state index is 9.23. The van der Waals surface area contributed by atoms with Crippen molar-refractivity contribution in [3.05, 3.63) is 170 Å². The summed E-state index contributed by atoms with van der Waals surface area (Å²) in [4.78, 5) is 4.24. The van der Waals surface area contributed by atoms with E-state index in [1.165, 1.54) is 0 Å². The number of rotatable bonds is 8. The summed E-state index contributed by atoms with van der Waals surface area (Å²) < 4.78 is 0. The first kappa shape index (κ1) is 30.4. The average Bonchev–Trinajstić information content (AvgIpc) is 3.08. The van der Waals surface area contributed by atoms with Crippen LogP contribution in [0.5, 0.6) is 0 Å². The molecular formula is C36H32B2N2O4. The molecule has 0 saturated carbocycles. The Balaban J connectivity index is 0.000000175. The highest BCUT2D eigenvalue weighted by atomic mass is 16.4. The normalized spacial score (nSPS) is 10.3. The number of para-hydroxylation sites is 4. The van der Waals surface area contributed by atoms with Gasteiger partial charge in [0.25, 0.3) is 0 Å². The molecule has 0 unspecified atom stereocenters. The largest absolute Gasteiger partial charge is 0.488 e. The van der Waals surface area contributed by atoms with Crippen molar-refractivity contribution < 1.29 is 20.1 Å². The number of nitrogens with zero attached hydrogens (tertiary/aromatic N) is 2. The van der Waals surface area contributed by atoms with Crippen LogP contribution >= 0.6 is 0 Å². The molecule has 0 saturated heterocycles. The molecule has 0 heterocycles. The molecule has 216 valence electrons. The Bertz CT molecular complexity index is 1480. The molecule has 0 aromatic heterocycles. The second kappa shape index (κ2) is 14.9. The van der Waals surface area contributed by atoms with Crippen LogP contribution in [0, 0.1) is 0 Å². The molecule has 0 spiro atoms. The topological polar surface area (TPSA) is 87.4 Å². The van der Waals surface area contributed by atoms with Crippen molar-refractivity contribution in [2.24, 2.45) is 0 Å². The van der Waals surface area contributed by atoms with Crippen LogP contribution in [-0.4, -0.2) is 34.3 Å². The summed E-state index contributed by atoms with van der Waals surface area (Å²) in [5, 5.41) is 36.9. The third kappa shape index (κ3) is 7.63. The Morgan fingerprint density at radius 2 is 0.477 bits per heavy atom. The molecule has 6 aromatic rings. The van der Waals surface area contributed by atoms with Crippen LogP contribution in [0.2, 0.25) is 0 Å². The lowest BCUT2D eigenvalue weighted by molar-refractivity contribution is 0.424. The summed E-state index contributed by atoms with van der Waals surface area (Å²) in [6, 6.07) is 54.7. The molecule has 0 aliphatic carbocycles. The fourth-order valence-electron chi connectivity index (χ4n) is 4.79. The van der Waals surface area contributed by atoms with Crippen LogP contribution in [-0.2, 0) is 0 Å². The number of benzene rings is 6. The third-order valence-corrected chi connectivity index (χ3v) is 6.96. The summed E-state index contributed by atoms with van der Waals surface area (Å²) in [6.45, 7) is 0. The van der Waals surface area contributed by atoms with Gasteiger partial charge in [-0.25, -0.2) is 0 Å². The second-order valence-corrected chi connectivity index (χ2v) is 9.94. The van der Waals surface area contributed by atoms with E-state index < -0.39 is 14.2 Å². The molecule has 0 aliphatic rings. The van der Waals surface area contributed by atoms with Crippen molar-refractivity contribution in [3.8, 4) is 0 Å². The standard InChI is InChI=1S/2C18H16BNO2/c2*21-19(22)15-11-13-18(14-12-15)20(16-7-3-1-4-8-16)17-9-5-2-6-10-17/h2*1-14,21-22H. The number of hydrogen-bond donors (Lipinski definition) is 4. The van der Waals surface area contributed by atoms with E-state index in [1.807, 2.05) is 146 Å². The minimum atomic E-state index is -1.45. The lowest BCUT2D eigenvalue weighted by Gasteiger charge is -2.25. The molecule has 6 rings (SSSR count). The highest BCUT2D eigenvalue weighted by Crippen LogP contribution is 2.34. The van der Waals surface area contributed by atoms with E-state index in [4.69, 9.17) is 0 Å². The van der Waals surface area contributed by atoms with E-state index in [1.54, 1.807) is 24.3 Å². The van der Waals surface area contributed by atoms with E-state index in [9.17, 15) is 20.1 Å². The Morgan fingerprint density at radius 1 is 0.273 bits per heavy atom. The molecule has 0 fully saturated rings. The van der Waals surface area contributed by atoms with Crippen LogP contribution in [0.4, 0.5) is 34.1 Å². The molecule has 0 bridgehead atoms. The minimum Gasteiger partial charge on any atom is -0.423 e. The van der Waals surface area contributed by atoms with Gasteiger partial charge in [0.2, 0.25) is 0 Å². The van der Waals surface area contributed by atoms with Gasteiger partial charge in [-0.3, -0.25) is 0 Å². The molecule has 6 aromatic carbocycles. The molecule has 6 nitrogen and oxygen atoms in total. The van der Waals surface area contributed by atoms with Gasteiger partial charge in [0.1, 0.15) is 0 Å². The summed E-state index contributed by atoms with van der Waals surface area (Å²) in [5.74, 6) is 0. The minimum absolute atomic E-state index is 0.477. The monoisotopic (exact) mass is 578 g/mol. The molecular weight excluding hydrogens is 546 g/mol. The van der Waals surface area contributed by atoms with Crippen molar-refractivity contribution in [2.45, 2.75) is 0 Å². The smallest absolute Gasteiger partial charge is 0.423 e. The van der Waals surface area contributed by atoms with Crippen LogP contribution in [0.3, 0.4) is 0 Å². The lowest BCUT2D eigenvalue weighted by Crippen LogP contribution is -2.29. The fourth-order valence-corrected chi connectivity index (χ4v) is 4.79. The summed E-state index contributed by atoms with van der Waals surface area (Å²) in [6.07, 6.45) is 0. The molecule has 4 N–H and O–H groups in total. The van der Waals surface area contributed by atoms with Crippen molar-refractivity contribution >= 4 is 59.3 Å². The lowest BCUT2D eigenvalue weighted by atomic mass is 9.80. The molecule has 0 atom stereocenters. The molecule has 0 radical (unpaired) electrons. The van der Waals surface area contributed by atoms with Gasteiger partial charge in [-0.1, -0.05) is 97.1 Å². The maximum Gasteiger partial charge on any atom is 0.488 e. The van der Waals surface area contributed by atoms with Crippen LogP contribution < -0.4 is 20.7 Å². The van der Waals surface area contributed by atoms with Gasteiger partial charge in [0.15, 0.2) is 0 Å². The van der Waals surface area contributed by atoms with Crippen LogP contribution in [0.1, 0.15) is 0 Å². The first-order valence-corrected chi connectivity index (χ1v) is 14.2. The molecule has 0 aliphatic heterocycles. The van der Waals surface area contributed by atoms with Gasteiger partial charge < -0.3 is 29.9 Å². The third-order valence-electron chi connectivity index (χ3n) is 6.96. The quantitative estimate of drug-likeness (QED) is 0.174. The highest BCUT2D eigenvalue weighted by Gasteiger charge is 2.16. The molecule has 0 amide bonds. The van der Waals surface area contributed by atoms with Crippen molar-refractivity contribution in [3.63, 3.8) is 0 Å². The van der Waals surface area contributed by atoms with E-state index in [2.05, 4.69) is 9.80 Å². The van der Waals surface area contributed by atoms with Crippen LogP contribution in [0.25, 0.3) is 0 Å². The van der Waals surface area contributed by atoms with Crippen molar-refractivity contribution in [1.82, 2.24) is 0 Å². The van der Waals surface area contributed by atoms with E-state index in [0.29, 0.717) is 10.9 Å². The van der Waals surface area contributed by atoms with Crippen molar-refractivity contribution in [2.75, 3.05) is 9.80 Å². The molecule has 44 heavy (non-hydrogen) atoms. The van der Waals surface area contributed by atoms with Gasteiger partial charge in [-0.2, -0.15) is 0 Å². The predicted molar refractivity (Wildman–Crippen MR) is 182 cm³/mol.